The summed E-state index contributed by atoms with van der Waals surface area (Å²) in [5.74, 6) is -2.74. The van der Waals surface area contributed by atoms with Gasteiger partial charge >= 0.3 is 0 Å². The van der Waals surface area contributed by atoms with Crippen molar-refractivity contribution in [2.75, 3.05) is 32.2 Å². The van der Waals surface area contributed by atoms with Crippen LogP contribution in [0.25, 0.3) is 0 Å². The number of anilines is 1. The molecule has 0 bridgehead atoms. The van der Waals surface area contributed by atoms with E-state index < -0.39 is 23.3 Å². The SMILES string of the molecule is COc1c(F)cc(NC(=O)COCC2CCCO2)cc1F. The Morgan fingerprint density at radius 1 is 1.43 bits per heavy atom. The summed E-state index contributed by atoms with van der Waals surface area (Å²) in [6, 6.07) is 1.97. The highest BCUT2D eigenvalue weighted by Gasteiger charge is 2.16. The largest absolute Gasteiger partial charge is 0.491 e. The van der Waals surface area contributed by atoms with E-state index in [1.807, 2.05) is 0 Å². The molecule has 0 aliphatic carbocycles. The van der Waals surface area contributed by atoms with Crippen molar-refractivity contribution in [2.24, 2.45) is 0 Å². The van der Waals surface area contributed by atoms with E-state index in [1.165, 1.54) is 7.11 Å². The highest BCUT2D eigenvalue weighted by Crippen LogP contribution is 2.25. The molecule has 0 saturated carbocycles. The van der Waals surface area contributed by atoms with Crippen molar-refractivity contribution >= 4 is 11.6 Å². The number of nitrogens with one attached hydrogen (secondary N) is 1. The normalized spacial score (nSPS) is 17.8. The number of carbonyl (C=O) groups excluding carboxylic acids is 1. The van der Waals surface area contributed by atoms with Crippen LogP contribution in [0.2, 0.25) is 0 Å². The molecule has 7 heteroatoms. The Morgan fingerprint density at radius 2 is 2.14 bits per heavy atom. The predicted molar refractivity (Wildman–Crippen MR) is 71.3 cm³/mol. The molecule has 1 fully saturated rings. The van der Waals surface area contributed by atoms with Gasteiger partial charge in [-0.2, -0.15) is 0 Å². The van der Waals surface area contributed by atoms with Gasteiger partial charge in [0, 0.05) is 24.4 Å². The number of halogens is 2. The van der Waals surface area contributed by atoms with Gasteiger partial charge in [-0.3, -0.25) is 4.79 Å². The average Bonchev–Trinajstić information content (AvgIpc) is 2.91. The first-order chi connectivity index (χ1) is 10.1. The number of methoxy groups -OCH3 is 1. The lowest BCUT2D eigenvalue weighted by Gasteiger charge is -2.11. The number of amides is 1. The lowest BCUT2D eigenvalue weighted by Crippen LogP contribution is -2.22. The van der Waals surface area contributed by atoms with Gasteiger partial charge < -0.3 is 19.5 Å². The molecule has 1 atom stereocenters. The van der Waals surface area contributed by atoms with E-state index in [2.05, 4.69) is 10.1 Å². The van der Waals surface area contributed by atoms with Gasteiger partial charge in [0.25, 0.3) is 0 Å². The molecule has 21 heavy (non-hydrogen) atoms. The molecule has 0 spiro atoms. The first-order valence-corrected chi connectivity index (χ1v) is 6.62. The molecular formula is C14H17F2NO4. The molecule has 1 aliphatic rings. The standard InChI is InChI=1S/C14H17F2NO4/c1-19-14-11(15)5-9(6-12(14)16)17-13(18)8-20-7-10-3-2-4-21-10/h5-6,10H,2-4,7-8H2,1H3,(H,17,18). The van der Waals surface area contributed by atoms with Gasteiger partial charge in [-0.25, -0.2) is 8.78 Å². The van der Waals surface area contributed by atoms with E-state index in [0.717, 1.165) is 25.0 Å². The molecule has 1 heterocycles. The monoisotopic (exact) mass is 301 g/mol. The zero-order chi connectivity index (χ0) is 15.2. The average molecular weight is 301 g/mol. The van der Waals surface area contributed by atoms with E-state index in [-0.39, 0.29) is 18.4 Å². The Bertz CT molecular complexity index is 481. The van der Waals surface area contributed by atoms with Crippen molar-refractivity contribution in [3.8, 4) is 5.75 Å². The van der Waals surface area contributed by atoms with Gasteiger partial charge in [0.05, 0.1) is 19.8 Å². The molecule has 1 aromatic rings. The zero-order valence-corrected chi connectivity index (χ0v) is 11.7. The van der Waals surface area contributed by atoms with Crippen LogP contribution in [0, 0.1) is 11.6 Å². The van der Waals surface area contributed by atoms with Crippen molar-refractivity contribution in [3.63, 3.8) is 0 Å². The first kappa shape index (κ1) is 15.7. The summed E-state index contributed by atoms with van der Waals surface area (Å²) in [7, 11) is 1.17. The van der Waals surface area contributed by atoms with Gasteiger partial charge in [0.2, 0.25) is 5.91 Å². The Labute approximate surface area is 121 Å². The molecular weight excluding hydrogens is 284 g/mol. The number of ether oxygens (including phenoxy) is 3. The minimum atomic E-state index is -0.881. The van der Waals surface area contributed by atoms with Crippen molar-refractivity contribution in [1.82, 2.24) is 0 Å². The summed E-state index contributed by atoms with van der Waals surface area (Å²) < 4.78 is 42.0. The van der Waals surface area contributed by atoms with E-state index in [4.69, 9.17) is 9.47 Å². The molecule has 1 aromatic carbocycles. The Balaban J connectivity index is 1.81. The van der Waals surface area contributed by atoms with Crippen LogP contribution >= 0.6 is 0 Å². The molecule has 0 aromatic heterocycles. The van der Waals surface area contributed by atoms with E-state index in [9.17, 15) is 13.6 Å². The fourth-order valence-corrected chi connectivity index (χ4v) is 2.08. The van der Waals surface area contributed by atoms with Crippen LogP contribution in [0.15, 0.2) is 12.1 Å². The second kappa shape index (κ2) is 7.33. The molecule has 1 amide bonds. The van der Waals surface area contributed by atoms with E-state index in [1.54, 1.807) is 0 Å². The van der Waals surface area contributed by atoms with Gasteiger partial charge in [-0.1, -0.05) is 0 Å². The maximum atomic E-state index is 13.5. The van der Waals surface area contributed by atoms with Crippen LogP contribution in [-0.2, 0) is 14.3 Å². The first-order valence-electron chi connectivity index (χ1n) is 6.62. The number of benzene rings is 1. The number of hydrogen-bond donors (Lipinski definition) is 1. The van der Waals surface area contributed by atoms with Crippen LogP contribution in [0.4, 0.5) is 14.5 Å². The maximum absolute atomic E-state index is 13.5. The Hall–Kier alpha value is -1.73. The third-order valence-corrected chi connectivity index (χ3v) is 3.05. The molecule has 2 rings (SSSR count). The maximum Gasteiger partial charge on any atom is 0.250 e. The molecule has 1 unspecified atom stereocenters. The zero-order valence-electron chi connectivity index (χ0n) is 11.7. The molecule has 1 N–H and O–H groups in total. The second-order valence-electron chi connectivity index (χ2n) is 4.67. The van der Waals surface area contributed by atoms with Crippen LogP contribution < -0.4 is 10.1 Å². The minimum Gasteiger partial charge on any atom is -0.491 e. The molecule has 0 radical (unpaired) electrons. The molecule has 1 saturated heterocycles. The van der Waals surface area contributed by atoms with Crippen molar-refractivity contribution in [1.29, 1.82) is 0 Å². The smallest absolute Gasteiger partial charge is 0.250 e. The fourth-order valence-electron chi connectivity index (χ4n) is 2.08. The number of hydrogen-bond acceptors (Lipinski definition) is 4. The van der Waals surface area contributed by atoms with Gasteiger partial charge in [0.1, 0.15) is 6.61 Å². The third kappa shape index (κ3) is 4.37. The van der Waals surface area contributed by atoms with Gasteiger partial charge in [-0.15, -0.1) is 0 Å². The quantitative estimate of drug-likeness (QED) is 0.874. The molecule has 5 nitrogen and oxygen atoms in total. The van der Waals surface area contributed by atoms with Crippen molar-refractivity contribution in [2.45, 2.75) is 18.9 Å². The van der Waals surface area contributed by atoms with Gasteiger partial charge in [-0.05, 0) is 12.8 Å². The summed E-state index contributed by atoms with van der Waals surface area (Å²) in [6.45, 7) is 0.846. The van der Waals surface area contributed by atoms with Gasteiger partial charge in [0.15, 0.2) is 17.4 Å². The number of carbonyl (C=O) groups is 1. The number of rotatable bonds is 6. The summed E-state index contributed by atoms with van der Waals surface area (Å²) >= 11 is 0. The topological polar surface area (TPSA) is 56.8 Å². The van der Waals surface area contributed by atoms with Crippen LogP contribution in [0.1, 0.15) is 12.8 Å². The predicted octanol–water partition coefficient (Wildman–Crippen LogP) is 2.11. The van der Waals surface area contributed by atoms with Crippen molar-refractivity contribution < 1.29 is 27.8 Å². The lowest BCUT2D eigenvalue weighted by atomic mass is 10.2. The minimum absolute atomic E-state index is 0.0107. The van der Waals surface area contributed by atoms with Crippen LogP contribution in [-0.4, -0.2) is 38.9 Å². The van der Waals surface area contributed by atoms with E-state index >= 15 is 0 Å². The summed E-state index contributed by atoms with van der Waals surface area (Å²) in [6.07, 6.45) is 1.93. The summed E-state index contributed by atoms with van der Waals surface area (Å²) in [5.41, 5.74) is 0.0107. The third-order valence-electron chi connectivity index (χ3n) is 3.05. The highest BCUT2D eigenvalue weighted by atomic mass is 19.1. The summed E-state index contributed by atoms with van der Waals surface area (Å²) in [5, 5.41) is 2.36. The lowest BCUT2D eigenvalue weighted by molar-refractivity contribution is -0.121. The highest BCUT2D eigenvalue weighted by molar-refractivity contribution is 5.91. The van der Waals surface area contributed by atoms with Crippen molar-refractivity contribution in [3.05, 3.63) is 23.8 Å². The fraction of sp³-hybridized carbons (Fsp3) is 0.500. The van der Waals surface area contributed by atoms with Crippen LogP contribution in [0.5, 0.6) is 5.75 Å². The molecule has 116 valence electrons. The molecule has 1 aliphatic heterocycles. The summed E-state index contributed by atoms with van der Waals surface area (Å²) in [4.78, 5) is 11.6. The Kier molecular flexibility index (Phi) is 5.46. The Morgan fingerprint density at radius 3 is 2.71 bits per heavy atom. The van der Waals surface area contributed by atoms with E-state index in [0.29, 0.717) is 13.2 Å². The van der Waals surface area contributed by atoms with Crippen LogP contribution in [0.3, 0.4) is 0 Å². The second-order valence-corrected chi connectivity index (χ2v) is 4.67.